The highest BCUT2D eigenvalue weighted by atomic mass is 35.5. The lowest BCUT2D eigenvalue weighted by Crippen LogP contribution is -2.48. The van der Waals surface area contributed by atoms with E-state index in [0.717, 1.165) is 26.2 Å². The normalized spacial score (nSPS) is 14.3. The van der Waals surface area contributed by atoms with Crippen molar-refractivity contribution in [2.45, 2.75) is 6.42 Å². The van der Waals surface area contributed by atoms with Crippen LogP contribution in [0, 0.1) is 0 Å². The number of anilines is 1. The molecule has 1 aliphatic rings. The summed E-state index contributed by atoms with van der Waals surface area (Å²) in [6, 6.07) is 15.0. The molecule has 0 unspecified atom stereocenters. The quantitative estimate of drug-likeness (QED) is 0.634. The van der Waals surface area contributed by atoms with Crippen LogP contribution in [-0.4, -0.2) is 56.0 Å². The number of nitrogens with one attached hydrogen (secondary N) is 2. The first-order valence-electron chi connectivity index (χ1n) is 9.69. The molecule has 1 heterocycles. The first kappa shape index (κ1) is 22.2. The fourth-order valence-corrected chi connectivity index (χ4v) is 3.56. The van der Waals surface area contributed by atoms with Crippen LogP contribution in [0.5, 0.6) is 5.75 Å². The first-order valence-corrected chi connectivity index (χ1v) is 10.4. The average molecular weight is 451 g/mol. The van der Waals surface area contributed by atoms with E-state index < -0.39 is 5.91 Å². The number of para-hydroxylation sites is 1. The molecule has 2 aromatic rings. The lowest BCUT2D eigenvalue weighted by molar-refractivity contribution is -0.130. The van der Waals surface area contributed by atoms with Crippen molar-refractivity contribution in [1.82, 2.24) is 15.8 Å². The minimum Gasteiger partial charge on any atom is -0.482 e. The molecule has 30 heavy (non-hydrogen) atoms. The molecule has 1 aliphatic heterocycles. The maximum absolute atomic E-state index is 12.0. The summed E-state index contributed by atoms with van der Waals surface area (Å²) in [7, 11) is 0. The summed E-state index contributed by atoms with van der Waals surface area (Å²) in [6.07, 6.45) is 0.301. The largest absolute Gasteiger partial charge is 0.482 e. The van der Waals surface area contributed by atoms with E-state index in [1.54, 1.807) is 12.1 Å². The minimum absolute atomic E-state index is 0.252. The van der Waals surface area contributed by atoms with Gasteiger partial charge < -0.3 is 9.64 Å². The van der Waals surface area contributed by atoms with Gasteiger partial charge in [-0.15, -0.1) is 0 Å². The molecular weight excluding hydrogens is 427 g/mol. The van der Waals surface area contributed by atoms with Gasteiger partial charge in [0.1, 0.15) is 5.75 Å². The number of halogens is 2. The van der Waals surface area contributed by atoms with Crippen molar-refractivity contribution in [3.8, 4) is 5.75 Å². The first-order chi connectivity index (χ1) is 14.5. The summed E-state index contributed by atoms with van der Waals surface area (Å²) < 4.78 is 5.32. The highest BCUT2D eigenvalue weighted by Gasteiger charge is 2.17. The van der Waals surface area contributed by atoms with Crippen LogP contribution in [-0.2, 0) is 9.59 Å². The van der Waals surface area contributed by atoms with Crippen LogP contribution >= 0.6 is 23.2 Å². The lowest BCUT2D eigenvalue weighted by Gasteiger charge is -2.36. The van der Waals surface area contributed by atoms with Gasteiger partial charge in [0.15, 0.2) is 6.61 Å². The Morgan fingerprint density at radius 1 is 0.933 bits per heavy atom. The van der Waals surface area contributed by atoms with E-state index in [9.17, 15) is 9.59 Å². The maximum Gasteiger partial charge on any atom is 0.276 e. The van der Waals surface area contributed by atoms with E-state index in [2.05, 4.69) is 32.8 Å². The SMILES string of the molecule is O=C(CCN1CCN(c2ccccc2)CC1)NNC(=O)COc1ccc(Cl)cc1Cl. The maximum atomic E-state index is 12.0. The van der Waals surface area contributed by atoms with Crippen molar-refractivity contribution >= 4 is 40.7 Å². The Balaban J connectivity index is 1.30. The molecule has 2 amide bonds. The molecular formula is C21H24Cl2N4O3. The van der Waals surface area contributed by atoms with Crippen molar-refractivity contribution in [3.05, 3.63) is 58.6 Å². The van der Waals surface area contributed by atoms with Crippen LogP contribution in [0.15, 0.2) is 48.5 Å². The smallest absolute Gasteiger partial charge is 0.276 e. The zero-order chi connectivity index (χ0) is 21.3. The minimum atomic E-state index is -0.481. The van der Waals surface area contributed by atoms with Gasteiger partial charge in [-0.25, -0.2) is 0 Å². The molecule has 0 atom stereocenters. The third-order valence-corrected chi connectivity index (χ3v) is 5.27. The van der Waals surface area contributed by atoms with E-state index in [0.29, 0.717) is 28.8 Å². The predicted octanol–water partition coefficient (Wildman–Crippen LogP) is 2.73. The molecule has 7 nitrogen and oxygen atoms in total. The molecule has 2 N–H and O–H groups in total. The Kier molecular flexibility index (Phi) is 8.19. The molecule has 1 fully saturated rings. The van der Waals surface area contributed by atoms with Crippen molar-refractivity contribution in [2.24, 2.45) is 0 Å². The molecule has 1 saturated heterocycles. The van der Waals surface area contributed by atoms with Crippen LogP contribution in [0.4, 0.5) is 5.69 Å². The fraction of sp³-hybridized carbons (Fsp3) is 0.333. The van der Waals surface area contributed by atoms with Gasteiger partial charge in [-0.1, -0.05) is 41.4 Å². The molecule has 0 aliphatic carbocycles. The molecule has 0 radical (unpaired) electrons. The van der Waals surface area contributed by atoms with Crippen molar-refractivity contribution < 1.29 is 14.3 Å². The van der Waals surface area contributed by atoms with E-state index in [1.165, 1.54) is 11.8 Å². The average Bonchev–Trinajstić information content (AvgIpc) is 2.76. The van der Waals surface area contributed by atoms with E-state index >= 15 is 0 Å². The van der Waals surface area contributed by atoms with Gasteiger partial charge in [0.05, 0.1) is 5.02 Å². The monoisotopic (exact) mass is 450 g/mol. The van der Waals surface area contributed by atoms with Gasteiger partial charge in [0.2, 0.25) is 5.91 Å². The number of carbonyl (C=O) groups excluding carboxylic acids is 2. The number of hydrogen-bond donors (Lipinski definition) is 2. The zero-order valence-electron chi connectivity index (χ0n) is 16.4. The number of rotatable bonds is 7. The third-order valence-electron chi connectivity index (χ3n) is 4.74. The van der Waals surface area contributed by atoms with Gasteiger partial charge in [0.25, 0.3) is 5.91 Å². The number of benzene rings is 2. The van der Waals surface area contributed by atoms with Gasteiger partial charge in [-0.05, 0) is 30.3 Å². The summed E-state index contributed by atoms with van der Waals surface area (Å²) in [4.78, 5) is 28.4. The molecule has 3 rings (SSSR count). The second-order valence-electron chi connectivity index (χ2n) is 6.87. The molecule has 2 aromatic carbocycles. The highest BCUT2D eigenvalue weighted by molar-refractivity contribution is 6.35. The molecule has 0 aromatic heterocycles. The van der Waals surface area contributed by atoms with Crippen LogP contribution in [0.1, 0.15) is 6.42 Å². The summed E-state index contributed by atoms with van der Waals surface area (Å²) in [6.45, 7) is 4.00. The number of amides is 2. The van der Waals surface area contributed by atoms with E-state index in [4.69, 9.17) is 27.9 Å². The molecule has 0 bridgehead atoms. The Morgan fingerprint density at radius 3 is 2.33 bits per heavy atom. The van der Waals surface area contributed by atoms with Gasteiger partial charge in [-0.3, -0.25) is 25.3 Å². The molecule has 9 heteroatoms. The summed E-state index contributed by atoms with van der Waals surface area (Å²) in [5.74, 6) is -0.388. The number of ether oxygens (including phenoxy) is 1. The Hall–Kier alpha value is -2.48. The summed E-state index contributed by atoms with van der Waals surface area (Å²) in [5.41, 5.74) is 5.97. The van der Waals surface area contributed by atoms with Crippen LogP contribution < -0.4 is 20.5 Å². The number of nitrogens with zero attached hydrogens (tertiary/aromatic N) is 2. The zero-order valence-corrected chi connectivity index (χ0v) is 18.0. The van der Waals surface area contributed by atoms with Crippen molar-refractivity contribution in [3.63, 3.8) is 0 Å². The fourth-order valence-electron chi connectivity index (χ4n) is 3.10. The molecule has 0 saturated carbocycles. The van der Waals surface area contributed by atoms with Crippen LogP contribution in [0.2, 0.25) is 10.0 Å². The topological polar surface area (TPSA) is 73.9 Å². The van der Waals surface area contributed by atoms with Gasteiger partial charge in [-0.2, -0.15) is 0 Å². The van der Waals surface area contributed by atoms with Gasteiger partial charge in [0, 0.05) is 49.9 Å². The van der Waals surface area contributed by atoms with E-state index in [1.807, 2.05) is 18.2 Å². The number of piperazine rings is 1. The standard InChI is InChI=1S/C21H24Cl2N4O3/c22-16-6-7-19(18(23)14-16)30-15-21(29)25-24-20(28)8-9-26-10-12-27(13-11-26)17-4-2-1-3-5-17/h1-7,14H,8-13,15H2,(H,24,28)(H,25,29). The summed E-state index contributed by atoms with van der Waals surface area (Å²) >= 11 is 11.8. The number of carbonyl (C=O) groups is 2. The third kappa shape index (κ3) is 6.79. The molecule has 160 valence electrons. The lowest BCUT2D eigenvalue weighted by atomic mass is 10.2. The van der Waals surface area contributed by atoms with Crippen molar-refractivity contribution in [1.29, 1.82) is 0 Å². The number of hydrazine groups is 1. The van der Waals surface area contributed by atoms with Crippen LogP contribution in [0.25, 0.3) is 0 Å². The van der Waals surface area contributed by atoms with Crippen LogP contribution in [0.3, 0.4) is 0 Å². The second-order valence-corrected chi connectivity index (χ2v) is 7.72. The van der Waals surface area contributed by atoms with E-state index in [-0.39, 0.29) is 12.5 Å². The van der Waals surface area contributed by atoms with Crippen molar-refractivity contribution in [2.75, 3.05) is 44.2 Å². The number of hydrogen-bond acceptors (Lipinski definition) is 5. The second kappa shape index (κ2) is 11.1. The highest BCUT2D eigenvalue weighted by Crippen LogP contribution is 2.27. The Labute approximate surface area is 185 Å². The van der Waals surface area contributed by atoms with Gasteiger partial charge >= 0.3 is 0 Å². The summed E-state index contributed by atoms with van der Waals surface area (Å²) in [5, 5.41) is 0.789. The predicted molar refractivity (Wildman–Crippen MR) is 118 cm³/mol. The Morgan fingerprint density at radius 2 is 1.63 bits per heavy atom. The Bertz CT molecular complexity index is 859. The molecule has 0 spiro atoms.